The van der Waals surface area contributed by atoms with Gasteiger partial charge in [-0.15, -0.1) is 0 Å². The Labute approximate surface area is 177 Å². The first kappa shape index (κ1) is 25.5. The third kappa shape index (κ3) is 7.32. The molecule has 0 aromatic carbocycles. The summed E-state index contributed by atoms with van der Waals surface area (Å²) in [6.07, 6.45) is 9.48. The average Bonchev–Trinajstić information content (AvgIpc) is 3.04. The highest BCUT2D eigenvalue weighted by Crippen LogP contribution is 2.39. The summed E-state index contributed by atoms with van der Waals surface area (Å²) in [5, 5.41) is 9.39. The Morgan fingerprint density at radius 1 is 0.931 bits per heavy atom. The lowest BCUT2D eigenvalue weighted by molar-refractivity contribution is -0.112. The van der Waals surface area contributed by atoms with Crippen LogP contribution >= 0.6 is 0 Å². The number of aliphatic hydroxyl groups excluding tert-OH is 1. The molecule has 0 spiro atoms. The molecule has 2 unspecified atom stereocenters. The van der Waals surface area contributed by atoms with E-state index in [-0.39, 0.29) is 22.7 Å². The number of hydrogen-bond acceptors (Lipinski definition) is 4. The van der Waals surface area contributed by atoms with Gasteiger partial charge in [0.1, 0.15) is 6.10 Å². The Balaban J connectivity index is 0.000000326. The van der Waals surface area contributed by atoms with Gasteiger partial charge in [-0.1, -0.05) is 60.6 Å². The summed E-state index contributed by atoms with van der Waals surface area (Å²) in [4.78, 5) is 22.8. The number of hydrogen-bond donors (Lipinski definition) is 1. The summed E-state index contributed by atoms with van der Waals surface area (Å²) in [5.41, 5.74) is 1.33. The predicted molar refractivity (Wildman–Crippen MR) is 122 cm³/mol. The van der Waals surface area contributed by atoms with Crippen molar-refractivity contribution in [1.82, 2.24) is 0 Å². The van der Waals surface area contributed by atoms with E-state index in [1.54, 1.807) is 12.2 Å². The first-order valence-corrected chi connectivity index (χ1v) is 13.3. The lowest BCUT2D eigenvalue weighted by atomic mass is 10.1. The second-order valence-corrected chi connectivity index (χ2v) is 14.7. The summed E-state index contributed by atoms with van der Waals surface area (Å²) in [6.45, 7) is 19.2. The maximum Gasteiger partial charge on any atom is 0.193 e. The molecule has 2 atom stereocenters. The van der Waals surface area contributed by atoms with Gasteiger partial charge in [0.2, 0.25) is 0 Å². The SMILES string of the molecule is CC(C)/C=C1\C(=O)C=CC1O.CC(C)/C=C1\C(=O)C=CC1O[Si](C)(C)C(C)(C)C. The molecule has 162 valence electrons. The van der Waals surface area contributed by atoms with E-state index in [0.29, 0.717) is 17.4 Å². The molecule has 5 heteroatoms. The van der Waals surface area contributed by atoms with Crippen molar-refractivity contribution in [2.75, 3.05) is 0 Å². The van der Waals surface area contributed by atoms with E-state index in [9.17, 15) is 14.7 Å². The number of carbonyl (C=O) groups is 2. The molecule has 2 aliphatic rings. The minimum atomic E-state index is -1.84. The molecule has 0 aromatic heterocycles. The topological polar surface area (TPSA) is 63.6 Å². The van der Waals surface area contributed by atoms with E-state index in [1.165, 1.54) is 12.2 Å². The average molecular weight is 419 g/mol. The molecule has 29 heavy (non-hydrogen) atoms. The van der Waals surface area contributed by atoms with Gasteiger partial charge >= 0.3 is 0 Å². The molecule has 2 aliphatic carbocycles. The van der Waals surface area contributed by atoms with Crippen molar-refractivity contribution in [2.45, 2.75) is 78.8 Å². The Hall–Kier alpha value is -1.56. The molecule has 0 saturated carbocycles. The van der Waals surface area contributed by atoms with Crippen molar-refractivity contribution in [2.24, 2.45) is 11.8 Å². The van der Waals surface area contributed by atoms with Gasteiger partial charge in [0.25, 0.3) is 0 Å². The molecule has 0 saturated heterocycles. The van der Waals surface area contributed by atoms with Gasteiger partial charge in [-0.3, -0.25) is 9.59 Å². The van der Waals surface area contributed by atoms with E-state index in [1.807, 2.05) is 26.0 Å². The molecule has 1 N–H and O–H groups in total. The fourth-order valence-corrected chi connectivity index (χ4v) is 3.91. The van der Waals surface area contributed by atoms with Gasteiger partial charge in [-0.25, -0.2) is 0 Å². The van der Waals surface area contributed by atoms with Gasteiger partial charge in [-0.2, -0.15) is 0 Å². The van der Waals surface area contributed by atoms with Crippen LogP contribution in [0.3, 0.4) is 0 Å². The highest BCUT2D eigenvalue weighted by molar-refractivity contribution is 6.74. The largest absolute Gasteiger partial charge is 0.406 e. The molecule has 2 rings (SSSR count). The molecular weight excluding hydrogens is 380 g/mol. The second kappa shape index (κ2) is 9.96. The number of ketones is 2. The standard InChI is InChI=1S/C15H26O2Si.C9H12O2/c1-11(2)10-12-13(16)8-9-14(12)17-18(6,7)15(3,4)5;1-6(2)5-7-8(10)3-4-9(7)11/h8-11,14H,1-7H3;3-6,8,10H,1-2H3/b12-10+;7-5-. The Morgan fingerprint density at radius 2 is 1.38 bits per heavy atom. The first-order valence-electron chi connectivity index (χ1n) is 10.4. The molecule has 0 amide bonds. The lowest BCUT2D eigenvalue weighted by Crippen LogP contribution is -2.43. The van der Waals surface area contributed by atoms with Crippen molar-refractivity contribution in [1.29, 1.82) is 0 Å². The summed E-state index contributed by atoms with van der Waals surface area (Å²) in [7, 11) is -1.84. The van der Waals surface area contributed by atoms with Crippen LogP contribution in [0.1, 0.15) is 48.5 Å². The molecule has 0 radical (unpaired) electrons. The van der Waals surface area contributed by atoms with Crippen LogP contribution in [0.15, 0.2) is 47.6 Å². The van der Waals surface area contributed by atoms with Gasteiger partial charge in [0.15, 0.2) is 19.9 Å². The van der Waals surface area contributed by atoms with Crippen molar-refractivity contribution >= 4 is 19.9 Å². The van der Waals surface area contributed by atoms with Gasteiger partial charge in [0, 0.05) is 11.1 Å². The number of rotatable bonds is 4. The molecule has 4 nitrogen and oxygen atoms in total. The van der Waals surface area contributed by atoms with Gasteiger partial charge in [0.05, 0.1) is 6.10 Å². The van der Waals surface area contributed by atoms with Crippen LogP contribution in [0.25, 0.3) is 0 Å². The van der Waals surface area contributed by atoms with Crippen LogP contribution in [0, 0.1) is 11.8 Å². The van der Waals surface area contributed by atoms with Crippen LogP contribution in [0.2, 0.25) is 18.1 Å². The van der Waals surface area contributed by atoms with Crippen LogP contribution in [0.4, 0.5) is 0 Å². The third-order valence-electron chi connectivity index (χ3n) is 5.30. The zero-order valence-corrected chi connectivity index (χ0v) is 20.4. The van der Waals surface area contributed by atoms with Crippen LogP contribution in [-0.4, -0.2) is 37.2 Å². The smallest absolute Gasteiger partial charge is 0.193 e. The summed E-state index contributed by atoms with van der Waals surface area (Å²) in [6, 6.07) is 0. The fraction of sp³-hybridized carbons (Fsp3) is 0.583. The molecule has 0 fully saturated rings. The van der Waals surface area contributed by atoms with Gasteiger partial charge in [-0.05, 0) is 54.3 Å². The number of allylic oxidation sites excluding steroid dienone is 4. The molecule has 0 heterocycles. The minimum Gasteiger partial charge on any atom is -0.406 e. The van der Waals surface area contributed by atoms with E-state index < -0.39 is 14.4 Å². The van der Waals surface area contributed by atoms with Crippen molar-refractivity contribution in [3.63, 3.8) is 0 Å². The molecule has 0 aliphatic heterocycles. The fourth-order valence-electron chi connectivity index (χ4n) is 2.71. The van der Waals surface area contributed by atoms with Crippen LogP contribution < -0.4 is 0 Å². The number of aliphatic hydroxyl groups is 1. The highest BCUT2D eigenvalue weighted by atomic mass is 28.4. The second-order valence-electron chi connectivity index (χ2n) is 9.92. The van der Waals surface area contributed by atoms with Crippen molar-refractivity contribution in [3.8, 4) is 0 Å². The van der Waals surface area contributed by atoms with E-state index >= 15 is 0 Å². The van der Waals surface area contributed by atoms with Gasteiger partial charge < -0.3 is 9.53 Å². The van der Waals surface area contributed by atoms with E-state index in [2.05, 4.69) is 47.7 Å². The minimum absolute atomic E-state index is 0.0637. The first-order chi connectivity index (χ1) is 13.2. The Morgan fingerprint density at radius 3 is 1.79 bits per heavy atom. The normalized spacial score (nSPS) is 25.0. The lowest BCUT2D eigenvalue weighted by Gasteiger charge is -2.38. The van der Waals surface area contributed by atoms with Crippen LogP contribution in [-0.2, 0) is 14.0 Å². The quantitative estimate of drug-likeness (QED) is 0.505. The summed E-state index contributed by atoms with van der Waals surface area (Å²) < 4.78 is 6.31. The van der Waals surface area contributed by atoms with E-state index in [0.717, 1.165) is 5.57 Å². The zero-order valence-electron chi connectivity index (χ0n) is 19.4. The zero-order chi connectivity index (χ0) is 22.6. The maximum atomic E-state index is 11.8. The highest BCUT2D eigenvalue weighted by Gasteiger charge is 2.40. The monoisotopic (exact) mass is 418 g/mol. The number of carbonyl (C=O) groups excluding carboxylic acids is 2. The Kier molecular flexibility index (Phi) is 8.75. The maximum absolute atomic E-state index is 11.8. The summed E-state index contributed by atoms with van der Waals surface area (Å²) in [5.74, 6) is 0.719. The van der Waals surface area contributed by atoms with E-state index in [4.69, 9.17) is 4.43 Å². The molecular formula is C24H38O4Si. The Bertz CT molecular complexity index is 730. The summed E-state index contributed by atoms with van der Waals surface area (Å²) >= 11 is 0. The van der Waals surface area contributed by atoms with Crippen molar-refractivity contribution < 1.29 is 19.1 Å². The van der Waals surface area contributed by atoms with Crippen LogP contribution in [0.5, 0.6) is 0 Å². The molecule has 0 bridgehead atoms. The van der Waals surface area contributed by atoms with Crippen molar-refractivity contribution in [3.05, 3.63) is 47.6 Å². The predicted octanol–water partition coefficient (Wildman–Crippen LogP) is 5.17. The third-order valence-corrected chi connectivity index (χ3v) is 9.76. The molecule has 0 aromatic rings.